The van der Waals surface area contributed by atoms with Crippen LogP contribution in [0.15, 0.2) is 48.5 Å². The van der Waals surface area contributed by atoms with Gasteiger partial charge in [0.2, 0.25) is 5.91 Å². The van der Waals surface area contributed by atoms with Crippen LogP contribution in [0.2, 0.25) is 0 Å². The highest BCUT2D eigenvalue weighted by molar-refractivity contribution is 7.92. The Kier molecular flexibility index (Phi) is 7.09. The van der Waals surface area contributed by atoms with Crippen LogP contribution in [0.25, 0.3) is 11.1 Å². The lowest BCUT2D eigenvalue weighted by Gasteiger charge is -2.34. The number of nitrogens with one attached hydrogen (secondary N) is 2. The van der Waals surface area contributed by atoms with Crippen LogP contribution in [0.1, 0.15) is 12.8 Å². The molecule has 0 saturated carbocycles. The highest BCUT2D eigenvalue weighted by Gasteiger charge is 2.48. The summed E-state index contributed by atoms with van der Waals surface area (Å²) >= 11 is 0. The number of halogens is 1. The van der Waals surface area contributed by atoms with Crippen molar-refractivity contribution in [1.29, 1.82) is 0 Å². The molecular weight excluding hydrogens is 400 g/mol. The van der Waals surface area contributed by atoms with E-state index in [0.29, 0.717) is 18.8 Å². The minimum Gasteiger partial charge on any atom is -0.496 e. The van der Waals surface area contributed by atoms with Crippen molar-refractivity contribution in [1.82, 2.24) is 5.32 Å². The number of hydrogen-bond donors (Lipinski definition) is 2. The summed E-state index contributed by atoms with van der Waals surface area (Å²) in [4.78, 5) is 13.0. The Labute approximate surface area is 172 Å². The number of para-hydroxylation sites is 1. The Bertz CT molecular complexity index is 941. The first-order chi connectivity index (χ1) is 12.9. The summed E-state index contributed by atoms with van der Waals surface area (Å²) in [5.74, 6) is 0.260. The fourth-order valence-corrected chi connectivity index (χ4v) is 4.82. The number of amides is 1. The van der Waals surface area contributed by atoms with E-state index in [-0.39, 0.29) is 25.2 Å². The lowest BCUT2D eigenvalue weighted by molar-refractivity contribution is -0.119. The first kappa shape index (κ1) is 22.2. The Balaban J connectivity index is 0.00000280. The fourth-order valence-electron chi connectivity index (χ4n) is 3.49. The molecule has 0 unspecified atom stereocenters. The maximum atomic E-state index is 13.0. The van der Waals surface area contributed by atoms with E-state index in [1.165, 1.54) is 0 Å². The van der Waals surface area contributed by atoms with Crippen molar-refractivity contribution in [2.24, 2.45) is 0 Å². The van der Waals surface area contributed by atoms with Gasteiger partial charge < -0.3 is 15.4 Å². The lowest BCUT2D eigenvalue weighted by atomic mass is 9.95. The molecule has 1 aliphatic rings. The topological polar surface area (TPSA) is 84.5 Å². The van der Waals surface area contributed by atoms with Crippen LogP contribution in [0.3, 0.4) is 0 Å². The monoisotopic (exact) mass is 424 g/mol. The number of anilines is 1. The maximum absolute atomic E-state index is 13.0. The van der Waals surface area contributed by atoms with Gasteiger partial charge in [-0.25, -0.2) is 8.42 Å². The highest BCUT2D eigenvalue weighted by atomic mass is 35.5. The van der Waals surface area contributed by atoms with Gasteiger partial charge in [0.25, 0.3) is 0 Å². The third-order valence-corrected chi connectivity index (χ3v) is 7.09. The fraction of sp³-hybridized carbons (Fsp3) is 0.350. The molecule has 6 nitrogen and oxygen atoms in total. The summed E-state index contributed by atoms with van der Waals surface area (Å²) in [5.41, 5.74) is 2.34. The van der Waals surface area contributed by atoms with Gasteiger partial charge in [0.15, 0.2) is 14.6 Å². The minimum absolute atomic E-state index is 0. The van der Waals surface area contributed by atoms with Crippen molar-refractivity contribution >= 4 is 33.8 Å². The van der Waals surface area contributed by atoms with Crippen molar-refractivity contribution < 1.29 is 17.9 Å². The van der Waals surface area contributed by atoms with E-state index in [1.807, 2.05) is 42.5 Å². The van der Waals surface area contributed by atoms with Crippen LogP contribution in [0.5, 0.6) is 5.75 Å². The third kappa shape index (κ3) is 4.32. The normalized spacial score (nSPS) is 15.9. The predicted octanol–water partition coefficient (Wildman–Crippen LogP) is 2.89. The Hall–Kier alpha value is -2.09. The van der Waals surface area contributed by atoms with Gasteiger partial charge in [0.1, 0.15) is 5.75 Å². The SMILES string of the molecule is COc1ccccc1-c1cccc(NC(=O)C2(S(C)(=O)=O)CCNCC2)c1.Cl. The minimum atomic E-state index is -3.55. The molecule has 0 bridgehead atoms. The van der Waals surface area contributed by atoms with E-state index in [2.05, 4.69) is 10.6 Å². The summed E-state index contributed by atoms with van der Waals surface area (Å²) in [5, 5.41) is 5.94. The molecule has 1 amide bonds. The first-order valence-electron chi connectivity index (χ1n) is 8.83. The number of piperidine rings is 1. The average Bonchev–Trinajstić information content (AvgIpc) is 2.67. The second kappa shape index (κ2) is 8.94. The molecule has 1 fully saturated rings. The van der Waals surface area contributed by atoms with E-state index in [0.717, 1.165) is 23.1 Å². The molecule has 2 aromatic carbocycles. The summed E-state index contributed by atoms with van der Waals surface area (Å²) in [6.45, 7) is 1.00. The van der Waals surface area contributed by atoms with E-state index in [1.54, 1.807) is 13.2 Å². The van der Waals surface area contributed by atoms with Gasteiger partial charge in [-0.1, -0.05) is 30.3 Å². The van der Waals surface area contributed by atoms with Crippen molar-refractivity contribution in [3.63, 3.8) is 0 Å². The van der Waals surface area contributed by atoms with Gasteiger partial charge in [-0.15, -0.1) is 12.4 Å². The molecular formula is C20H25ClN2O4S. The Morgan fingerprint density at radius 3 is 2.43 bits per heavy atom. The smallest absolute Gasteiger partial charge is 0.245 e. The van der Waals surface area contributed by atoms with Crippen molar-refractivity contribution in [3.05, 3.63) is 48.5 Å². The number of hydrogen-bond acceptors (Lipinski definition) is 5. The van der Waals surface area contributed by atoms with Crippen molar-refractivity contribution in [2.75, 3.05) is 31.8 Å². The van der Waals surface area contributed by atoms with Crippen molar-refractivity contribution in [3.8, 4) is 16.9 Å². The molecule has 1 saturated heterocycles. The molecule has 1 aliphatic heterocycles. The van der Waals surface area contributed by atoms with E-state index in [9.17, 15) is 13.2 Å². The zero-order valence-electron chi connectivity index (χ0n) is 15.9. The van der Waals surface area contributed by atoms with E-state index in [4.69, 9.17) is 4.74 Å². The van der Waals surface area contributed by atoms with Gasteiger partial charge in [0, 0.05) is 17.5 Å². The third-order valence-electron chi connectivity index (χ3n) is 5.07. The van der Waals surface area contributed by atoms with Gasteiger partial charge in [-0.05, 0) is 49.7 Å². The molecule has 3 rings (SSSR count). The second-order valence-electron chi connectivity index (χ2n) is 6.75. The Morgan fingerprint density at radius 2 is 1.79 bits per heavy atom. The first-order valence-corrected chi connectivity index (χ1v) is 10.7. The Morgan fingerprint density at radius 1 is 1.11 bits per heavy atom. The number of methoxy groups -OCH3 is 1. The van der Waals surface area contributed by atoms with Crippen molar-refractivity contribution in [2.45, 2.75) is 17.6 Å². The van der Waals surface area contributed by atoms with Crippen LogP contribution < -0.4 is 15.4 Å². The summed E-state index contributed by atoms with van der Waals surface area (Å²) in [7, 11) is -1.94. The molecule has 152 valence electrons. The predicted molar refractivity (Wildman–Crippen MR) is 114 cm³/mol. The quantitative estimate of drug-likeness (QED) is 0.770. The van der Waals surface area contributed by atoms with Crippen LogP contribution >= 0.6 is 12.4 Å². The molecule has 0 spiro atoms. The van der Waals surface area contributed by atoms with Gasteiger partial charge in [-0.3, -0.25) is 4.79 Å². The van der Waals surface area contributed by atoms with Gasteiger partial charge >= 0.3 is 0 Å². The number of rotatable bonds is 5. The number of ether oxygens (including phenoxy) is 1. The zero-order valence-corrected chi connectivity index (χ0v) is 17.5. The lowest BCUT2D eigenvalue weighted by Crippen LogP contribution is -2.55. The maximum Gasteiger partial charge on any atom is 0.245 e. The highest BCUT2D eigenvalue weighted by Crippen LogP contribution is 2.33. The van der Waals surface area contributed by atoms with Crippen LogP contribution in [0, 0.1) is 0 Å². The standard InChI is InChI=1S/C20H24N2O4S.ClH/c1-26-18-9-4-3-8-17(18)15-6-5-7-16(14-15)22-19(23)20(27(2,24)25)10-12-21-13-11-20;/h3-9,14,21H,10-13H2,1-2H3,(H,22,23);1H. The van der Waals surface area contributed by atoms with Crippen LogP contribution in [-0.4, -0.2) is 45.5 Å². The van der Waals surface area contributed by atoms with Gasteiger partial charge in [-0.2, -0.15) is 0 Å². The van der Waals surface area contributed by atoms with Crippen LogP contribution in [0.4, 0.5) is 5.69 Å². The molecule has 2 aromatic rings. The second-order valence-corrected chi connectivity index (χ2v) is 9.08. The molecule has 2 N–H and O–H groups in total. The number of carbonyl (C=O) groups excluding carboxylic acids is 1. The summed E-state index contributed by atoms with van der Waals surface area (Å²) in [6, 6.07) is 14.9. The molecule has 0 atom stereocenters. The van der Waals surface area contributed by atoms with E-state index < -0.39 is 20.5 Å². The number of sulfone groups is 1. The summed E-state index contributed by atoms with van der Waals surface area (Å²) < 4.78 is 28.8. The number of carbonyl (C=O) groups is 1. The van der Waals surface area contributed by atoms with Crippen LogP contribution in [-0.2, 0) is 14.6 Å². The molecule has 28 heavy (non-hydrogen) atoms. The molecule has 8 heteroatoms. The zero-order chi connectivity index (χ0) is 19.5. The number of benzene rings is 2. The van der Waals surface area contributed by atoms with Gasteiger partial charge in [0.05, 0.1) is 7.11 Å². The van der Waals surface area contributed by atoms with E-state index >= 15 is 0 Å². The molecule has 1 heterocycles. The molecule has 0 aliphatic carbocycles. The largest absolute Gasteiger partial charge is 0.496 e. The summed E-state index contributed by atoms with van der Waals surface area (Å²) in [6.07, 6.45) is 1.68. The molecule has 0 aromatic heterocycles. The average molecular weight is 425 g/mol. The molecule has 0 radical (unpaired) electrons.